The molecule has 1 aromatic rings. The zero-order valence-electron chi connectivity index (χ0n) is 20.6. The molecule has 0 amide bonds. The van der Waals surface area contributed by atoms with E-state index in [1.54, 1.807) is 39.6 Å². The highest BCUT2D eigenvalue weighted by molar-refractivity contribution is 7.93. The number of methoxy groups -OCH3 is 2. The number of nitrogens with zero attached hydrogens (tertiary/aromatic N) is 5. The summed E-state index contributed by atoms with van der Waals surface area (Å²) in [5.41, 5.74) is 0. The fraction of sp³-hybridized carbons (Fsp3) is 0.714. The van der Waals surface area contributed by atoms with Crippen molar-refractivity contribution in [2.45, 2.75) is 64.0 Å². The van der Waals surface area contributed by atoms with Gasteiger partial charge >= 0.3 is 0 Å². The Morgan fingerprint density at radius 2 is 1.97 bits per heavy atom. The van der Waals surface area contributed by atoms with Crippen molar-refractivity contribution < 1.29 is 22.6 Å². The molecular weight excluding hydrogens is 484 g/mol. The van der Waals surface area contributed by atoms with E-state index < -0.39 is 21.2 Å². The van der Waals surface area contributed by atoms with Crippen molar-refractivity contribution in [2.24, 2.45) is 15.9 Å². The number of ether oxygens (including phenoxy) is 3. The van der Waals surface area contributed by atoms with Crippen LogP contribution in [0.1, 0.15) is 58.5 Å². The summed E-state index contributed by atoms with van der Waals surface area (Å²) in [6.45, 7) is 11.0. The number of nitrogens with one attached hydrogen (secondary N) is 1. The van der Waals surface area contributed by atoms with E-state index in [0.717, 1.165) is 12.8 Å². The van der Waals surface area contributed by atoms with Crippen molar-refractivity contribution in [3.63, 3.8) is 0 Å². The largest absolute Gasteiger partial charge is 0.382 e. The van der Waals surface area contributed by atoms with Crippen LogP contribution in [-0.4, -0.2) is 74.5 Å². The molecule has 34 heavy (non-hydrogen) atoms. The van der Waals surface area contributed by atoms with Crippen LogP contribution >= 0.6 is 11.6 Å². The molecule has 1 N–H and O–H groups in total. The smallest absolute Gasteiger partial charge is 0.238 e. The first kappa shape index (κ1) is 28.4. The minimum Gasteiger partial charge on any atom is -0.382 e. The average Bonchev–Trinajstić information content (AvgIpc) is 3.38. The van der Waals surface area contributed by atoms with Gasteiger partial charge in [0.2, 0.25) is 16.0 Å². The Hall–Kier alpha value is -1.86. The van der Waals surface area contributed by atoms with Gasteiger partial charge in [0.1, 0.15) is 11.9 Å². The number of aliphatic imine (C=N–C) groups is 2. The molecule has 2 heterocycles. The maximum absolute atomic E-state index is 13.3. The molecule has 4 atom stereocenters. The summed E-state index contributed by atoms with van der Waals surface area (Å²) in [6.07, 6.45) is 2.81. The molecule has 192 valence electrons. The third-order valence-corrected chi connectivity index (χ3v) is 7.65. The van der Waals surface area contributed by atoms with Gasteiger partial charge < -0.3 is 14.2 Å². The topological polar surface area (TPSA) is 129 Å². The Balaban J connectivity index is 2.42. The number of rotatable bonds is 12. The molecule has 0 unspecified atom stereocenters. The van der Waals surface area contributed by atoms with Gasteiger partial charge in [0.05, 0.1) is 30.6 Å². The number of hydrogen-bond acceptors (Lipinski definition) is 8. The molecule has 0 aromatic carbocycles. The summed E-state index contributed by atoms with van der Waals surface area (Å²) in [4.78, 5) is 8.04. The van der Waals surface area contributed by atoms with Crippen LogP contribution in [0.15, 0.2) is 21.2 Å². The first-order valence-electron chi connectivity index (χ1n) is 11.0. The molecule has 1 aliphatic rings. The summed E-state index contributed by atoms with van der Waals surface area (Å²) in [6, 6.07) is -0.367. The predicted molar refractivity (Wildman–Crippen MR) is 133 cm³/mol. The number of sulfonamides is 1. The predicted octanol–water partition coefficient (Wildman–Crippen LogP) is 3.32. The Morgan fingerprint density at radius 1 is 1.32 bits per heavy atom. The average molecular weight is 519 g/mol. The standard InChI is InChI=1S/C21H35ClN6O5S/c1-13(22)10-24-19(23-5)15(3)16(4)34(29,30)27-21-26-25-20(18-9-8-14(2)33-18)28(21)17(11-31-6)12-32-7/h10,14-18H,5,8-9,11-12H2,1-4,6-7H3,(H,26,27)/b13-10+,24-19?/t14-,15+,16+,18-/m1/s1. The van der Waals surface area contributed by atoms with E-state index in [0.29, 0.717) is 10.9 Å². The highest BCUT2D eigenvalue weighted by atomic mass is 35.5. The molecule has 11 nitrogen and oxygen atoms in total. The van der Waals surface area contributed by atoms with Gasteiger partial charge in [0.25, 0.3) is 0 Å². The molecule has 13 heteroatoms. The lowest BCUT2D eigenvalue weighted by molar-refractivity contribution is 0.0406. The molecule has 1 aromatic heterocycles. The van der Waals surface area contributed by atoms with Crippen molar-refractivity contribution in [2.75, 3.05) is 32.2 Å². The van der Waals surface area contributed by atoms with Crippen molar-refractivity contribution in [1.82, 2.24) is 14.8 Å². The minimum atomic E-state index is -3.93. The van der Waals surface area contributed by atoms with Crippen molar-refractivity contribution in [3.05, 3.63) is 17.1 Å². The number of allylic oxidation sites excluding steroid dienone is 1. The van der Waals surface area contributed by atoms with Gasteiger partial charge in [-0.05, 0) is 40.3 Å². The van der Waals surface area contributed by atoms with Crippen molar-refractivity contribution in [1.29, 1.82) is 0 Å². The van der Waals surface area contributed by atoms with Crippen LogP contribution in [-0.2, 0) is 24.2 Å². The van der Waals surface area contributed by atoms with Crippen LogP contribution in [0.5, 0.6) is 0 Å². The van der Waals surface area contributed by atoms with Crippen LogP contribution in [0, 0.1) is 5.92 Å². The number of hydrogen-bond donors (Lipinski definition) is 1. The first-order valence-corrected chi connectivity index (χ1v) is 12.9. The van der Waals surface area contributed by atoms with Crippen LogP contribution in [0.2, 0.25) is 0 Å². The van der Waals surface area contributed by atoms with E-state index in [2.05, 4.69) is 31.6 Å². The van der Waals surface area contributed by atoms with E-state index in [1.807, 2.05) is 6.92 Å². The van der Waals surface area contributed by atoms with E-state index in [4.69, 9.17) is 25.8 Å². The second kappa shape index (κ2) is 12.7. The van der Waals surface area contributed by atoms with Gasteiger partial charge in [0.15, 0.2) is 5.82 Å². The molecule has 1 fully saturated rings. The van der Waals surface area contributed by atoms with E-state index in [1.165, 1.54) is 6.20 Å². The Morgan fingerprint density at radius 3 is 2.47 bits per heavy atom. The minimum absolute atomic E-state index is 0.0675. The maximum atomic E-state index is 13.3. The monoisotopic (exact) mass is 518 g/mol. The van der Waals surface area contributed by atoms with Gasteiger partial charge in [-0.3, -0.25) is 9.29 Å². The molecule has 0 saturated carbocycles. The SMILES string of the molecule is C=NC(=N/C=C(\C)Cl)[C@@H](C)[C@H](C)S(=O)(=O)Nc1nnc([C@H]2CC[C@@H](C)O2)n1C(COC)COC. The lowest BCUT2D eigenvalue weighted by atomic mass is 10.1. The Bertz CT molecular complexity index is 986. The van der Waals surface area contributed by atoms with Gasteiger partial charge in [-0.1, -0.05) is 18.5 Å². The normalized spacial score (nSPS) is 21.6. The number of amidine groups is 1. The van der Waals surface area contributed by atoms with Gasteiger partial charge in [-0.15, -0.1) is 10.2 Å². The quantitative estimate of drug-likeness (QED) is 0.332. The van der Waals surface area contributed by atoms with Gasteiger partial charge in [0, 0.05) is 31.4 Å². The number of halogens is 1. The zero-order chi connectivity index (χ0) is 25.5. The van der Waals surface area contributed by atoms with Gasteiger partial charge in [-0.2, -0.15) is 0 Å². The summed E-state index contributed by atoms with van der Waals surface area (Å²) in [5.74, 6) is 0.272. The lowest BCUT2D eigenvalue weighted by Crippen LogP contribution is -2.35. The van der Waals surface area contributed by atoms with Crippen LogP contribution in [0.3, 0.4) is 0 Å². The third kappa shape index (κ3) is 7.08. The van der Waals surface area contributed by atoms with Gasteiger partial charge in [-0.25, -0.2) is 18.4 Å². The summed E-state index contributed by atoms with van der Waals surface area (Å²) < 4.78 is 47.7. The van der Waals surface area contributed by atoms with E-state index in [-0.39, 0.29) is 43.2 Å². The molecule has 0 aliphatic carbocycles. The second-order valence-electron chi connectivity index (χ2n) is 8.33. The molecule has 1 saturated heterocycles. The fourth-order valence-corrected chi connectivity index (χ4v) is 4.97. The Kier molecular flexibility index (Phi) is 10.6. The summed E-state index contributed by atoms with van der Waals surface area (Å²) in [7, 11) is -0.803. The second-order valence-corrected chi connectivity index (χ2v) is 11.0. The van der Waals surface area contributed by atoms with Crippen molar-refractivity contribution >= 4 is 40.1 Å². The van der Waals surface area contributed by atoms with Crippen LogP contribution in [0.25, 0.3) is 0 Å². The highest BCUT2D eigenvalue weighted by Gasteiger charge is 2.35. The molecular formula is C21H35ClN6O5S. The summed E-state index contributed by atoms with van der Waals surface area (Å²) >= 11 is 5.84. The fourth-order valence-electron chi connectivity index (χ4n) is 3.68. The van der Waals surface area contributed by atoms with E-state index in [9.17, 15) is 8.42 Å². The summed E-state index contributed by atoms with van der Waals surface area (Å²) in [5, 5.41) is 7.96. The first-order chi connectivity index (χ1) is 16.0. The molecule has 0 spiro atoms. The maximum Gasteiger partial charge on any atom is 0.238 e. The number of aromatic nitrogens is 3. The zero-order valence-corrected chi connectivity index (χ0v) is 22.1. The molecule has 0 radical (unpaired) electrons. The molecule has 1 aliphatic heterocycles. The molecule has 0 bridgehead atoms. The lowest BCUT2D eigenvalue weighted by Gasteiger charge is -2.24. The number of anilines is 1. The molecule has 2 rings (SSSR count). The van der Waals surface area contributed by atoms with Crippen LogP contribution in [0.4, 0.5) is 5.95 Å². The third-order valence-electron chi connectivity index (χ3n) is 5.70. The van der Waals surface area contributed by atoms with Crippen LogP contribution < -0.4 is 4.72 Å². The van der Waals surface area contributed by atoms with E-state index >= 15 is 0 Å². The highest BCUT2D eigenvalue weighted by Crippen LogP contribution is 2.34. The Labute approximate surface area is 206 Å². The van der Waals surface area contributed by atoms with Crippen molar-refractivity contribution in [3.8, 4) is 0 Å².